The first-order valence-corrected chi connectivity index (χ1v) is 9.58. The molecule has 1 heterocycles. The van der Waals surface area contributed by atoms with Crippen LogP contribution in [0.25, 0.3) is 0 Å². The Morgan fingerprint density at radius 3 is 2.75 bits per heavy atom. The molecule has 0 radical (unpaired) electrons. The summed E-state index contributed by atoms with van der Waals surface area (Å²) in [6.45, 7) is 4.76. The molecule has 3 saturated carbocycles. The first-order valence-electron chi connectivity index (χ1n) is 9.58. The molecule has 4 rings (SSSR count). The van der Waals surface area contributed by atoms with Crippen molar-refractivity contribution < 1.29 is 14.7 Å². The molecule has 1 unspecified atom stereocenters. The largest absolute Gasteiger partial charge is 0.481 e. The third-order valence-electron chi connectivity index (χ3n) is 7.98. The second-order valence-corrected chi connectivity index (χ2v) is 9.17. The molecule has 0 aromatic carbocycles. The van der Waals surface area contributed by atoms with E-state index in [1.165, 1.54) is 38.5 Å². The number of carboxylic acid groups (broad SMARTS) is 1. The highest BCUT2D eigenvalue weighted by Crippen LogP contribution is 2.63. The van der Waals surface area contributed by atoms with Gasteiger partial charge < -0.3 is 10.4 Å². The Hall–Kier alpha value is -1.32. The Balaban J connectivity index is 1.68. The third kappa shape index (κ3) is 2.25. The van der Waals surface area contributed by atoms with Gasteiger partial charge in [0, 0.05) is 17.0 Å². The lowest BCUT2D eigenvalue weighted by atomic mass is 9.48. The summed E-state index contributed by atoms with van der Waals surface area (Å²) in [6.07, 6.45) is 10.7. The number of carbonyl (C=O) groups excluding carboxylic acids is 1. The molecule has 1 aliphatic heterocycles. The zero-order valence-corrected chi connectivity index (χ0v) is 14.8. The molecule has 0 spiro atoms. The number of carbonyl (C=O) groups is 2. The van der Waals surface area contributed by atoms with E-state index in [0.29, 0.717) is 16.9 Å². The molecule has 3 fully saturated rings. The van der Waals surface area contributed by atoms with Crippen LogP contribution in [0.4, 0.5) is 0 Å². The van der Waals surface area contributed by atoms with E-state index in [0.717, 1.165) is 18.3 Å². The molecule has 4 aliphatic rings. The standard InChI is InChI=1S/C20H29NO3/c1-19-8-3-4-14(19)13-5-6-16-20(2,15(13)7-9-19)11-12(10-17(22)23)18(24)21-16/h11,13-16H,3-10H2,1-2H3,(H,21,24)(H,22,23)/t13-,14-,15+,16?,19-,20+/m0/s1. The molecular weight excluding hydrogens is 302 g/mol. The lowest BCUT2D eigenvalue weighted by Gasteiger charge is -2.58. The summed E-state index contributed by atoms with van der Waals surface area (Å²) < 4.78 is 0. The van der Waals surface area contributed by atoms with Gasteiger partial charge in [0.05, 0.1) is 6.42 Å². The molecule has 0 aromatic rings. The van der Waals surface area contributed by atoms with Gasteiger partial charge in [-0.1, -0.05) is 26.3 Å². The van der Waals surface area contributed by atoms with E-state index in [1.807, 2.05) is 0 Å². The van der Waals surface area contributed by atoms with Crippen LogP contribution in [-0.2, 0) is 9.59 Å². The van der Waals surface area contributed by atoms with Gasteiger partial charge in [0.15, 0.2) is 0 Å². The van der Waals surface area contributed by atoms with Gasteiger partial charge in [-0.25, -0.2) is 0 Å². The number of carboxylic acids is 1. The van der Waals surface area contributed by atoms with Crippen molar-refractivity contribution >= 4 is 11.9 Å². The van der Waals surface area contributed by atoms with Crippen LogP contribution in [0.3, 0.4) is 0 Å². The molecule has 0 saturated heterocycles. The summed E-state index contributed by atoms with van der Waals surface area (Å²) in [5.41, 5.74) is 0.906. The van der Waals surface area contributed by atoms with Crippen LogP contribution in [0.2, 0.25) is 0 Å². The van der Waals surface area contributed by atoms with Gasteiger partial charge in [0.1, 0.15) is 0 Å². The zero-order valence-electron chi connectivity index (χ0n) is 14.8. The molecule has 4 nitrogen and oxygen atoms in total. The third-order valence-corrected chi connectivity index (χ3v) is 7.98. The van der Waals surface area contributed by atoms with Crippen molar-refractivity contribution in [2.24, 2.45) is 28.6 Å². The molecule has 132 valence electrons. The summed E-state index contributed by atoms with van der Waals surface area (Å²) in [5, 5.41) is 12.3. The van der Waals surface area contributed by atoms with Crippen LogP contribution >= 0.6 is 0 Å². The van der Waals surface area contributed by atoms with Crippen molar-refractivity contribution in [2.75, 3.05) is 0 Å². The Morgan fingerprint density at radius 1 is 1.21 bits per heavy atom. The van der Waals surface area contributed by atoms with E-state index < -0.39 is 5.97 Å². The van der Waals surface area contributed by atoms with Crippen LogP contribution in [0.5, 0.6) is 0 Å². The average Bonchev–Trinajstić information content (AvgIpc) is 2.90. The van der Waals surface area contributed by atoms with Crippen molar-refractivity contribution in [1.82, 2.24) is 5.32 Å². The van der Waals surface area contributed by atoms with Crippen molar-refractivity contribution in [3.05, 3.63) is 11.6 Å². The fourth-order valence-corrected chi connectivity index (χ4v) is 6.81. The van der Waals surface area contributed by atoms with Crippen molar-refractivity contribution in [3.63, 3.8) is 0 Å². The molecule has 4 heteroatoms. The number of amides is 1. The van der Waals surface area contributed by atoms with E-state index in [1.54, 1.807) is 0 Å². The number of hydrogen-bond donors (Lipinski definition) is 2. The maximum atomic E-state index is 12.3. The molecular formula is C20H29NO3. The lowest BCUT2D eigenvalue weighted by molar-refractivity contribution is -0.137. The molecule has 0 bridgehead atoms. The van der Waals surface area contributed by atoms with Gasteiger partial charge in [-0.2, -0.15) is 0 Å². The quantitative estimate of drug-likeness (QED) is 0.813. The summed E-state index contributed by atoms with van der Waals surface area (Å²) in [5.74, 6) is 1.06. The number of hydrogen-bond acceptors (Lipinski definition) is 2. The van der Waals surface area contributed by atoms with Gasteiger partial charge in [0.25, 0.3) is 0 Å². The summed E-state index contributed by atoms with van der Waals surface area (Å²) in [4.78, 5) is 23.4. The molecule has 0 aromatic heterocycles. The molecule has 2 N–H and O–H groups in total. The van der Waals surface area contributed by atoms with Crippen molar-refractivity contribution in [1.29, 1.82) is 0 Å². The summed E-state index contributed by atoms with van der Waals surface area (Å²) >= 11 is 0. The monoisotopic (exact) mass is 331 g/mol. The van der Waals surface area contributed by atoms with E-state index in [-0.39, 0.29) is 23.8 Å². The van der Waals surface area contributed by atoms with Gasteiger partial charge in [-0.05, 0) is 61.7 Å². The predicted octanol–water partition coefficient (Wildman–Crippen LogP) is 3.52. The topological polar surface area (TPSA) is 66.4 Å². The average molecular weight is 331 g/mol. The van der Waals surface area contributed by atoms with Gasteiger partial charge in [-0.15, -0.1) is 0 Å². The highest BCUT2D eigenvalue weighted by Gasteiger charge is 2.57. The van der Waals surface area contributed by atoms with E-state index in [9.17, 15) is 9.59 Å². The first-order chi connectivity index (χ1) is 11.3. The molecule has 24 heavy (non-hydrogen) atoms. The van der Waals surface area contributed by atoms with Crippen molar-refractivity contribution in [2.45, 2.75) is 71.3 Å². The molecule has 6 atom stereocenters. The second kappa shape index (κ2) is 5.34. The molecule has 1 amide bonds. The summed E-state index contributed by atoms with van der Waals surface area (Å²) in [7, 11) is 0. The Kier molecular flexibility index (Phi) is 3.59. The highest BCUT2D eigenvalue weighted by molar-refractivity contribution is 5.98. The fourth-order valence-electron chi connectivity index (χ4n) is 6.81. The lowest BCUT2D eigenvalue weighted by Crippen LogP contribution is -2.59. The van der Waals surface area contributed by atoms with Crippen LogP contribution in [0.15, 0.2) is 11.6 Å². The normalized spacial score (nSPS) is 47.1. The van der Waals surface area contributed by atoms with Gasteiger partial charge in [0.2, 0.25) is 5.91 Å². The van der Waals surface area contributed by atoms with Crippen LogP contribution < -0.4 is 5.32 Å². The minimum absolute atomic E-state index is 0.0778. The van der Waals surface area contributed by atoms with E-state index in [2.05, 4.69) is 25.2 Å². The van der Waals surface area contributed by atoms with Gasteiger partial charge >= 0.3 is 5.97 Å². The maximum Gasteiger partial charge on any atom is 0.308 e. The maximum absolute atomic E-state index is 12.3. The van der Waals surface area contributed by atoms with Crippen LogP contribution in [0.1, 0.15) is 65.2 Å². The predicted molar refractivity (Wildman–Crippen MR) is 91.3 cm³/mol. The highest BCUT2D eigenvalue weighted by atomic mass is 16.4. The number of rotatable bonds is 2. The van der Waals surface area contributed by atoms with E-state index in [4.69, 9.17) is 5.11 Å². The van der Waals surface area contributed by atoms with Crippen LogP contribution in [0, 0.1) is 28.6 Å². The SMILES string of the molecule is C[C@@]12CCC[C@H]1[C@@H]1CCC3NC(=O)C(CC(=O)O)=C[C@]3(C)[C@@H]1CC2. The number of fused-ring (bicyclic) bond motifs is 5. The fraction of sp³-hybridized carbons (Fsp3) is 0.800. The Bertz CT molecular complexity index is 612. The van der Waals surface area contributed by atoms with Gasteiger partial charge in [-0.3, -0.25) is 9.59 Å². The number of aliphatic carboxylic acids is 1. The summed E-state index contributed by atoms with van der Waals surface area (Å²) in [6, 6.07) is 0.176. The van der Waals surface area contributed by atoms with E-state index >= 15 is 0 Å². The smallest absolute Gasteiger partial charge is 0.308 e. The Morgan fingerprint density at radius 2 is 2.00 bits per heavy atom. The zero-order chi connectivity index (χ0) is 17.1. The second-order valence-electron chi connectivity index (χ2n) is 9.17. The van der Waals surface area contributed by atoms with Crippen LogP contribution in [-0.4, -0.2) is 23.0 Å². The molecule has 3 aliphatic carbocycles. The first kappa shape index (κ1) is 16.2. The minimum Gasteiger partial charge on any atom is -0.481 e. The number of nitrogens with one attached hydrogen (secondary N) is 1. The minimum atomic E-state index is -0.919. The Labute approximate surface area is 144 Å². The van der Waals surface area contributed by atoms with Crippen molar-refractivity contribution in [3.8, 4) is 0 Å².